The summed E-state index contributed by atoms with van der Waals surface area (Å²) in [5.41, 5.74) is 3.69. The average molecular weight is 312 g/mol. The van der Waals surface area contributed by atoms with Crippen molar-refractivity contribution in [2.75, 3.05) is 7.05 Å². The third kappa shape index (κ3) is 2.83. The van der Waals surface area contributed by atoms with Crippen molar-refractivity contribution in [3.8, 4) is 0 Å². The molecule has 0 bridgehead atoms. The molecule has 0 saturated heterocycles. The van der Waals surface area contributed by atoms with Crippen LogP contribution < -0.4 is 5.32 Å². The number of hydrogen-bond acceptors (Lipinski definition) is 1. The van der Waals surface area contributed by atoms with E-state index in [4.69, 9.17) is 23.2 Å². The van der Waals surface area contributed by atoms with Crippen molar-refractivity contribution in [1.29, 1.82) is 0 Å². The van der Waals surface area contributed by atoms with Gasteiger partial charge in [-0.2, -0.15) is 0 Å². The summed E-state index contributed by atoms with van der Waals surface area (Å²) in [4.78, 5) is 0. The fourth-order valence-electron chi connectivity index (χ4n) is 2.58. The summed E-state index contributed by atoms with van der Waals surface area (Å²) in [6.07, 6.45) is 0. The Morgan fingerprint density at radius 3 is 2.25 bits per heavy atom. The van der Waals surface area contributed by atoms with E-state index in [9.17, 15) is 4.39 Å². The summed E-state index contributed by atoms with van der Waals surface area (Å²) < 4.78 is 13.5. The molecule has 106 valence electrons. The van der Waals surface area contributed by atoms with Crippen LogP contribution in [0.25, 0.3) is 0 Å². The zero-order valence-electron chi connectivity index (χ0n) is 11.6. The van der Waals surface area contributed by atoms with Gasteiger partial charge in [-0.05, 0) is 61.3 Å². The molecule has 0 radical (unpaired) electrons. The number of hydrogen-bond donors (Lipinski definition) is 1. The fraction of sp³-hybridized carbons (Fsp3) is 0.250. The molecule has 0 aromatic heterocycles. The summed E-state index contributed by atoms with van der Waals surface area (Å²) in [6.45, 7) is 3.79. The Balaban J connectivity index is 2.62. The summed E-state index contributed by atoms with van der Waals surface area (Å²) in [5.74, 6) is -0.226. The van der Waals surface area contributed by atoms with E-state index in [1.807, 2.05) is 33.0 Å². The molecule has 1 N–H and O–H groups in total. The Morgan fingerprint density at radius 1 is 1.10 bits per heavy atom. The van der Waals surface area contributed by atoms with E-state index in [1.165, 1.54) is 12.1 Å². The Labute approximate surface area is 128 Å². The van der Waals surface area contributed by atoms with Crippen LogP contribution in [0.2, 0.25) is 10.0 Å². The van der Waals surface area contributed by atoms with Crippen molar-refractivity contribution in [3.05, 3.63) is 68.4 Å². The lowest BCUT2D eigenvalue weighted by molar-refractivity contribution is 0.618. The van der Waals surface area contributed by atoms with Gasteiger partial charge in [0.05, 0.1) is 16.1 Å². The zero-order chi connectivity index (χ0) is 14.9. The first kappa shape index (κ1) is 15.3. The Bertz CT molecular complexity index is 617. The number of halogens is 3. The molecule has 1 unspecified atom stereocenters. The highest BCUT2D eigenvalue weighted by atomic mass is 35.5. The standard InChI is InChI=1S/C16H16Cl2FN/c1-9-7-11(19)8-10(2)14(9)16(20-3)12-5-4-6-13(17)15(12)18/h4-8,16,20H,1-3H3. The minimum absolute atomic E-state index is 0.123. The lowest BCUT2D eigenvalue weighted by Gasteiger charge is -2.23. The molecule has 0 aliphatic rings. The second kappa shape index (κ2) is 6.13. The maximum Gasteiger partial charge on any atom is 0.123 e. The highest BCUT2D eigenvalue weighted by Crippen LogP contribution is 2.35. The Kier molecular flexibility index (Phi) is 4.69. The topological polar surface area (TPSA) is 12.0 Å². The third-order valence-electron chi connectivity index (χ3n) is 3.43. The molecule has 0 amide bonds. The lowest BCUT2D eigenvalue weighted by Crippen LogP contribution is -2.20. The van der Waals surface area contributed by atoms with E-state index in [-0.39, 0.29) is 11.9 Å². The first-order valence-electron chi connectivity index (χ1n) is 6.33. The number of rotatable bonds is 3. The van der Waals surface area contributed by atoms with Gasteiger partial charge in [0.25, 0.3) is 0 Å². The quantitative estimate of drug-likeness (QED) is 0.835. The second-order valence-electron chi connectivity index (χ2n) is 4.82. The molecular formula is C16H16Cl2FN. The van der Waals surface area contributed by atoms with E-state index >= 15 is 0 Å². The molecule has 0 aliphatic heterocycles. The van der Waals surface area contributed by atoms with Gasteiger partial charge in [0.2, 0.25) is 0 Å². The Morgan fingerprint density at radius 2 is 1.70 bits per heavy atom. The summed E-state index contributed by atoms with van der Waals surface area (Å²) in [7, 11) is 1.85. The molecule has 0 aliphatic carbocycles. The van der Waals surface area contributed by atoms with Crippen molar-refractivity contribution >= 4 is 23.2 Å². The maximum absolute atomic E-state index is 13.5. The number of benzene rings is 2. The lowest BCUT2D eigenvalue weighted by atomic mass is 9.91. The summed E-state index contributed by atoms with van der Waals surface area (Å²) in [6, 6.07) is 8.49. The van der Waals surface area contributed by atoms with Crippen LogP contribution in [0.1, 0.15) is 28.3 Å². The van der Waals surface area contributed by atoms with Crippen LogP contribution in [0.15, 0.2) is 30.3 Å². The minimum Gasteiger partial charge on any atom is -0.309 e. The van der Waals surface area contributed by atoms with Crippen molar-refractivity contribution in [3.63, 3.8) is 0 Å². The first-order chi connectivity index (χ1) is 9.45. The molecule has 20 heavy (non-hydrogen) atoms. The largest absolute Gasteiger partial charge is 0.309 e. The van der Waals surface area contributed by atoms with Crippen molar-refractivity contribution in [2.24, 2.45) is 0 Å². The van der Waals surface area contributed by atoms with Crippen LogP contribution in [0.3, 0.4) is 0 Å². The van der Waals surface area contributed by atoms with Crippen LogP contribution in [-0.2, 0) is 0 Å². The van der Waals surface area contributed by atoms with Crippen LogP contribution in [0.5, 0.6) is 0 Å². The highest BCUT2D eigenvalue weighted by molar-refractivity contribution is 6.42. The summed E-state index contributed by atoms with van der Waals surface area (Å²) >= 11 is 12.4. The molecule has 0 heterocycles. The molecular weight excluding hydrogens is 296 g/mol. The average Bonchev–Trinajstić information content (AvgIpc) is 2.37. The van der Waals surface area contributed by atoms with Crippen molar-refractivity contribution in [2.45, 2.75) is 19.9 Å². The molecule has 0 spiro atoms. The third-order valence-corrected chi connectivity index (χ3v) is 4.26. The minimum atomic E-state index is -0.226. The van der Waals surface area contributed by atoms with Crippen molar-refractivity contribution < 1.29 is 4.39 Å². The van der Waals surface area contributed by atoms with Gasteiger partial charge in [-0.25, -0.2) is 4.39 Å². The van der Waals surface area contributed by atoms with Crippen LogP contribution in [0.4, 0.5) is 4.39 Å². The molecule has 0 saturated carbocycles. The van der Waals surface area contributed by atoms with Crippen molar-refractivity contribution in [1.82, 2.24) is 5.32 Å². The normalized spacial score (nSPS) is 12.5. The predicted octanol–water partition coefficient (Wildman–Crippen LogP) is 5.06. The van der Waals surface area contributed by atoms with E-state index in [2.05, 4.69) is 5.32 Å². The van der Waals surface area contributed by atoms with Gasteiger partial charge in [0, 0.05) is 0 Å². The van der Waals surface area contributed by atoms with Crippen LogP contribution in [0, 0.1) is 19.7 Å². The molecule has 2 aromatic rings. The van der Waals surface area contributed by atoms with Gasteiger partial charge in [-0.15, -0.1) is 0 Å². The molecule has 2 rings (SSSR count). The summed E-state index contributed by atoms with van der Waals surface area (Å²) in [5, 5.41) is 4.28. The SMILES string of the molecule is CNC(c1cccc(Cl)c1Cl)c1c(C)cc(F)cc1C. The number of aryl methyl sites for hydroxylation is 2. The maximum atomic E-state index is 13.5. The smallest absolute Gasteiger partial charge is 0.123 e. The molecule has 1 nitrogen and oxygen atoms in total. The van der Waals surface area contributed by atoms with Gasteiger partial charge >= 0.3 is 0 Å². The van der Waals surface area contributed by atoms with Gasteiger partial charge in [0.1, 0.15) is 5.82 Å². The van der Waals surface area contributed by atoms with E-state index < -0.39 is 0 Å². The predicted molar refractivity (Wildman–Crippen MR) is 83.2 cm³/mol. The monoisotopic (exact) mass is 311 g/mol. The molecule has 0 fully saturated rings. The zero-order valence-corrected chi connectivity index (χ0v) is 13.1. The van der Waals surface area contributed by atoms with Crippen LogP contribution in [-0.4, -0.2) is 7.05 Å². The molecule has 2 aromatic carbocycles. The fourth-order valence-corrected chi connectivity index (χ4v) is 2.99. The van der Waals surface area contributed by atoms with Gasteiger partial charge in [-0.3, -0.25) is 0 Å². The first-order valence-corrected chi connectivity index (χ1v) is 7.09. The van der Waals surface area contributed by atoms with E-state index in [1.54, 1.807) is 6.07 Å². The second-order valence-corrected chi connectivity index (χ2v) is 5.60. The highest BCUT2D eigenvalue weighted by Gasteiger charge is 2.20. The van der Waals surface area contributed by atoms with Gasteiger partial charge < -0.3 is 5.32 Å². The van der Waals surface area contributed by atoms with Gasteiger partial charge in [-0.1, -0.05) is 35.3 Å². The van der Waals surface area contributed by atoms with Gasteiger partial charge in [0.15, 0.2) is 0 Å². The molecule has 4 heteroatoms. The Hall–Kier alpha value is -1.09. The molecule has 1 atom stereocenters. The van der Waals surface area contributed by atoms with Crippen LogP contribution >= 0.6 is 23.2 Å². The van der Waals surface area contributed by atoms with E-state index in [0.29, 0.717) is 10.0 Å². The number of nitrogens with one attached hydrogen (secondary N) is 1. The van der Waals surface area contributed by atoms with E-state index in [0.717, 1.165) is 22.3 Å².